The fourth-order valence-corrected chi connectivity index (χ4v) is 3.49. The van der Waals surface area contributed by atoms with Gasteiger partial charge in [-0.3, -0.25) is 9.48 Å². The van der Waals surface area contributed by atoms with Crippen LogP contribution in [0.1, 0.15) is 37.1 Å². The minimum atomic E-state index is -3.78. The van der Waals surface area contributed by atoms with Gasteiger partial charge in [-0.1, -0.05) is 6.42 Å². The third-order valence-corrected chi connectivity index (χ3v) is 4.36. The Morgan fingerprint density at radius 3 is 2.42 bits per heavy atom. The van der Waals surface area contributed by atoms with Gasteiger partial charge < -0.3 is 5.11 Å². The summed E-state index contributed by atoms with van der Waals surface area (Å²) in [4.78, 5) is 10.4. The summed E-state index contributed by atoms with van der Waals surface area (Å²) in [6.07, 6.45) is 2.26. The monoisotopic (exact) mass is 308 g/mol. The highest BCUT2D eigenvalue weighted by molar-refractivity contribution is 8.13. The number of aryl methyl sites for hydroxylation is 2. The molecule has 6 nitrogen and oxygen atoms in total. The summed E-state index contributed by atoms with van der Waals surface area (Å²) in [5, 5.41) is 12.7. The molecule has 1 N–H and O–H groups in total. The molecule has 0 radical (unpaired) electrons. The molecule has 0 aromatic carbocycles. The van der Waals surface area contributed by atoms with Crippen molar-refractivity contribution in [1.82, 2.24) is 9.78 Å². The molecule has 108 valence electrons. The maximum absolute atomic E-state index is 11.4. The molecule has 0 aliphatic rings. The summed E-state index contributed by atoms with van der Waals surface area (Å²) >= 11 is 0. The predicted octanol–water partition coefficient (Wildman–Crippen LogP) is 2.07. The van der Waals surface area contributed by atoms with E-state index in [4.69, 9.17) is 15.8 Å². The van der Waals surface area contributed by atoms with E-state index >= 15 is 0 Å². The molecule has 0 atom stereocenters. The van der Waals surface area contributed by atoms with E-state index in [0.29, 0.717) is 24.4 Å². The van der Waals surface area contributed by atoms with E-state index in [0.717, 1.165) is 12.8 Å². The van der Waals surface area contributed by atoms with Gasteiger partial charge >= 0.3 is 5.97 Å². The zero-order valence-corrected chi connectivity index (χ0v) is 12.5. The van der Waals surface area contributed by atoms with Crippen LogP contribution in [0.2, 0.25) is 0 Å². The van der Waals surface area contributed by atoms with Crippen molar-refractivity contribution in [2.45, 2.75) is 51.0 Å². The quantitative estimate of drug-likeness (QED) is 0.615. The van der Waals surface area contributed by atoms with Crippen LogP contribution in [-0.2, 0) is 20.4 Å². The molecule has 0 spiro atoms. The van der Waals surface area contributed by atoms with Crippen molar-refractivity contribution in [3.63, 3.8) is 0 Å². The van der Waals surface area contributed by atoms with Crippen LogP contribution in [-0.4, -0.2) is 29.3 Å². The fourth-order valence-electron chi connectivity index (χ4n) is 1.97. The number of hydrogen-bond acceptors (Lipinski definition) is 4. The molecule has 0 amide bonds. The summed E-state index contributed by atoms with van der Waals surface area (Å²) in [6.45, 7) is 3.81. The summed E-state index contributed by atoms with van der Waals surface area (Å²) in [6, 6.07) is 0. The molecule has 0 aliphatic heterocycles. The highest BCUT2D eigenvalue weighted by Crippen LogP contribution is 2.23. The van der Waals surface area contributed by atoms with E-state index in [9.17, 15) is 13.2 Å². The molecule has 0 aliphatic carbocycles. The number of unbranched alkanes of at least 4 members (excludes halogenated alkanes) is 2. The average Bonchev–Trinajstić information content (AvgIpc) is 2.52. The normalized spacial score (nSPS) is 11.7. The van der Waals surface area contributed by atoms with Gasteiger partial charge in [-0.2, -0.15) is 5.10 Å². The average molecular weight is 309 g/mol. The number of carbonyl (C=O) groups is 1. The first kappa shape index (κ1) is 16.0. The maximum atomic E-state index is 11.4. The Kier molecular flexibility index (Phi) is 5.37. The Morgan fingerprint density at radius 1 is 1.32 bits per heavy atom. The summed E-state index contributed by atoms with van der Waals surface area (Å²) in [7, 11) is 1.58. The first-order chi connectivity index (χ1) is 8.73. The molecule has 0 unspecified atom stereocenters. The first-order valence-electron chi connectivity index (χ1n) is 5.94. The first-order valence-corrected chi connectivity index (χ1v) is 8.25. The van der Waals surface area contributed by atoms with Crippen molar-refractivity contribution in [3.05, 3.63) is 11.4 Å². The Balaban J connectivity index is 2.64. The maximum Gasteiger partial charge on any atom is 0.303 e. The predicted molar refractivity (Wildman–Crippen MR) is 70.8 cm³/mol. The number of hydrogen-bond donors (Lipinski definition) is 1. The van der Waals surface area contributed by atoms with E-state index in [1.165, 1.54) is 0 Å². The number of carboxylic acids is 1. The summed E-state index contributed by atoms with van der Waals surface area (Å²) in [5.41, 5.74) is 0.906. The van der Waals surface area contributed by atoms with Gasteiger partial charge in [0.25, 0.3) is 9.05 Å². The van der Waals surface area contributed by atoms with Gasteiger partial charge in [-0.15, -0.1) is 0 Å². The molecule has 1 heterocycles. The molecule has 1 rings (SSSR count). The van der Waals surface area contributed by atoms with Gasteiger partial charge in [0.2, 0.25) is 0 Å². The van der Waals surface area contributed by atoms with E-state index in [1.807, 2.05) is 0 Å². The zero-order chi connectivity index (χ0) is 14.6. The van der Waals surface area contributed by atoms with Gasteiger partial charge in [0.1, 0.15) is 4.90 Å². The van der Waals surface area contributed by atoms with Gasteiger partial charge in [-0.05, 0) is 26.7 Å². The Morgan fingerprint density at radius 2 is 1.95 bits per heavy atom. The number of nitrogens with zero attached hydrogens (tertiary/aromatic N) is 2. The van der Waals surface area contributed by atoms with Crippen LogP contribution in [0.15, 0.2) is 4.90 Å². The molecule has 1 aromatic heterocycles. The molecule has 1 aromatic rings. The molecule has 0 saturated carbocycles. The van der Waals surface area contributed by atoms with Crippen LogP contribution in [0.5, 0.6) is 0 Å². The van der Waals surface area contributed by atoms with Crippen LogP contribution in [0.25, 0.3) is 0 Å². The third kappa shape index (κ3) is 4.50. The van der Waals surface area contributed by atoms with Crippen molar-refractivity contribution < 1.29 is 18.3 Å². The highest BCUT2D eigenvalue weighted by Gasteiger charge is 2.22. The topological polar surface area (TPSA) is 89.3 Å². The van der Waals surface area contributed by atoms with Gasteiger partial charge in [0.15, 0.2) is 0 Å². The lowest BCUT2D eigenvalue weighted by Gasteiger charge is -2.04. The fraction of sp³-hybridized carbons (Fsp3) is 0.636. The molecular formula is C11H17ClN2O4S. The summed E-state index contributed by atoms with van der Waals surface area (Å²) < 4.78 is 24.4. The standard InChI is InChI=1S/C11H17ClN2O4S/c1-8-11(19(12,17)18)9(2)14(13-8)7-5-3-4-6-10(15)16/h3-7H2,1-2H3,(H,15,16). The number of aliphatic carboxylic acids is 1. The van der Waals surface area contributed by atoms with E-state index in [-0.39, 0.29) is 11.3 Å². The highest BCUT2D eigenvalue weighted by atomic mass is 35.7. The van der Waals surface area contributed by atoms with Crippen molar-refractivity contribution in [2.24, 2.45) is 0 Å². The SMILES string of the molecule is Cc1nn(CCCCCC(=O)O)c(C)c1S(=O)(=O)Cl. The number of rotatable bonds is 7. The van der Waals surface area contributed by atoms with Crippen LogP contribution >= 0.6 is 10.7 Å². The largest absolute Gasteiger partial charge is 0.481 e. The van der Waals surface area contributed by atoms with Crippen molar-refractivity contribution in [3.8, 4) is 0 Å². The minimum absolute atomic E-state index is 0.0692. The smallest absolute Gasteiger partial charge is 0.303 e. The number of halogens is 1. The Hall–Kier alpha value is -1.08. The third-order valence-electron chi connectivity index (χ3n) is 2.82. The zero-order valence-electron chi connectivity index (χ0n) is 10.9. The van der Waals surface area contributed by atoms with Crippen LogP contribution < -0.4 is 0 Å². The lowest BCUT2D eigenvalue weighted by Crippen LogP contribution is -2.04. The number of aromatic nitrogens is 2. The molecular weight excluding hydrogens is 292 g/mol. The molecule has 0 fully saturated rings. The Bertz CT molecular complexity index is 565. The van der Waals surface area contributed by atoms with Gasteiger partial charge in [0, 0.05) is 23.6 Å². The molecule has 0 saturated heterocycles. The van der Waals surface area contributed by atoms with E-state index in [2.05, 4.69) is 5.10 Å². The van der Waals surface area contributed by atoms with Crippen LogP contribution in [0, 0.1) is 13.8 Å². The van der Waals surface area contributed by atoms with Gasteiger partial charge in [-0.25, -0.2) is 8.42 Å². The lowest BCUT2D eigenvalue weighted by molar-refractivity contribution is -0.137. The van der Waals surface area contributed by atoms with Crippen molar-refractivity contribution >= 4 is 25.7 Å². The Labute approximate surface area is 116 Å². The van der Waals surface area contributed by atoms with Crippen LogP contribution in [0.3, 0.4) is 0 Å². The lowest BCUT2D eigenvalue weighted by atomic mass is 10.2. The molecule has 8 heteroatoms. The van der Waals surface area contributed by atoms with E-state index in [1.54, 1.807) is 18.5 Å². The number of carboxylic acid groups (broad SMARTS) is 1. The minimum Gasteiger partial charge on any atom is -0.481 e. The molecule has 19 heavy (non-hydrogen) atoms. The van der Waals surface area contributed by atoms with Crippen LogP contribution in [0.4, 0.5) is 0 Å². The van der Waals surface area contributed by atoms with E-state index < -0.39 is 15.0 Å². The second kappa shape index (κ2) is 6.38. The van der Waals surface area contributed by atoms with Crippen molar-refractivity contribution in [1.29, 1.82) is 0 Å². The summed E-state index contributed by atoms with van der Waals surface area (Å²) in [5.74, 6) is -0.804. The second-order valence-electron chi connectivity index (χ2n) is 4.37. The second-order valence-corrected chi connectivity index (χ2v) is 6.87. The molecule has 0 bridgehead atoms. The van der Waals surface area contributed by atoms with Gasteiger partial charge in [0.05, 0.1) is 11.4 Å². The van der Waals surface area contributed by atoms with Crippen molar-refractivity contribution in [2.75, 3.05) is 0 Å².